The Hall–Kier alpha value is -1.16. The molecule has 1 aromatic carbocycles. The van der Waals surface area contributed by atoms with E-state index in [-0.39, 0.29) is 11.7 Å². The Kier molecular flexibility index (Phi) is 1.92. The molecule has 13 heavy (non-hydrogen) atoms. The highest BCUT2D eigenvalue weighted by Crippen LogP contribution is 2.21. The number of benzene rings is 1. The maximum absolute atomic E-state index is 11.0. The van der Waals surface area contributed by atoms with Crippen molar-refractivity contribution < 1.29 is 8.42 Å². The molecule has 0 N–H and O–H groups in total. The van der Waals surface area contributed by atoms with E-state index < -0.39 is 10.0 Å². The molecule has 0 aromatic heterocycles. The topological polar surface area (TPSA) is 46.5 Å². The van der Waals surface area contributed by atoms with Gasteiger partial charge in [-0.25, -0.2) is 8.42 Å². The van der Waals surface area contributed by atoms with Crippen LogP contribution in [-0.4, -0.2) is 20.4 Å². The van der Waals surface area contributed by atoms with Gasteiger partial charge in [0.25, 0.3) is 10.0 Å². The molecule has 1 unspecified atom stereocenters. The van der Waals surface area contributed by atoms with Crippen LogP contribution in [0.2, 0.25) is 0 Å². The zero-order chi connectivity index (χ0) is 9.31. The minimum Gasteiger partial charge on any atom is -0.205 e. The highest BCUT2D eigenvalue weighted by Gasteiger charge is 2.24. The van der Waals surface area contributed by atoms with Crippen molar-refractivity contribution in [1.82, 2.24) is 0 Å². The van der Waals surface area contributed by atoms with Gasteiger partial charge in [0.15, 0.2) is 0 Å². The third kappa shape index (κ3) is 1.78. The highest BCUT2D eigenvalue weighted by molar-refractivity contribution is 7.90. The minimum atomic E-state index is -3.17. The monoisotopic (exact) mass is 195 g/mol. The summed E-state index contributed by atoms with van der Waals surface area (Å²) in [6.45, 7) is 0. The van der Waals surface area contributed by atoms with Crippen LogP contribution in [0.3, 0.4) is 0 Å². The van der Waals surface area contributed by atoms with Crippen LogP contribution in [0.15, 0.2) is 34.7 Å². The Balaban J connectivity index is 2.29. The fourth-order valence-electron chi connectivity index (χ4n) is 1.36. The van der Waals surface area contributed by atoms with Gasteiger partial charge in [0.05, 0.1) is 5.75 Å². The number of rotatable bonds is 1. The normalized spacial score (nSPS) is 24.8. The van der Waals surface area contributed by atoms with Gasteiger partial charge in [0.1, 0.15) is 0 Å². The van der Waals surface area contributed by atoms with Crippen LogP contribution in [0.1, 0.15) is 11.5 Å². The smallest absolute Gasteiger partial charge is 0.205 e. The summed E-state index contributed by atoms with van der Waals surface area (Å²) in [6.07, 6.45) is 1.50. The first-order valence-corrected chi connectivity index (χ1v) is 5.61. The molecule has 4 heteroatoms. The second-order valence-corrected chi connectivity index (χ2v) is 4.73. The number of nitrogens with zero attached hydrogens (tertiary/aromatic N) is 1. The molecule has 1 heterocycles. The summed E-state index contributed by atoms with van der Waals surface area (Å²) >= 11 is 0. The van der Waals surface area contributed by atoms with E-state index in [9.17, 15) is 8.42 Å². The molecule has 0 amide bonds. The first-order chi connectivity index (χ1) is 6.17. The van der Waals surface area contributed by atoms with Crippen molar-refractivity contribution in [2.75, 3.05) is 5.75 Å². The van der Waals surface area contributed by atoms with Gasteiger partial charge in [-0.05, 0) is 5.56 Å². The molecule has 0 aliphatic carbocycles. The molecular formula is C9H9NO2S. The van der Waals surface area contributed by atoms with Crippen LogP contribution in [0.5, 0.6) is 0 Å². The fourth-order valence-corrected chi connectivity index (χ4v) is 2.51. The van der Waals surface area contributed by atoms with Gasteiger partial charge in [0, 0.05) is 12.1 Å². The van der Waals surface area contributed by atoms with E-state index in [2.05, 4.69) is 4.40 Å². The Labute approximate surface area is 77.2 Å². The van der Waals surface area contributed by atoms with Crippen molar-refractivity contribution in [3.8, 4) is 0 Å². The maximum Gasteiger partial charge on any atom is 0.253 e. The molecule has 0 radical (unpaired) electrons. The molecule has 68 valence electrons. The highest BCUT2D eigenvalue weighted by atomic mass is 32.2. The quantitative estimate of drug-likeness (QED) is 0.675. The van der Waals surface area contributed by atoms with Crippen LogP contribution in [0, 0.1) is 0 Å². The first kappa shape index (κ1) is 8.44. The zero-order valence-electron chi connectivity index (χ0n) is 6.92. The SMILES string of the molecule is O=S1(=O)CC(c2ccccc2)C=N1. The van der Waals surface area contributed by atoms with Crippen molar-refractivity contribution >= 4 is 16.2 Å². The van der Waals surface area contributed by atoms with Crippen LogP contribution in [0.25, 0.3) is 0 Å². The van der Waals surface area contributed by atoms with Gasteiger partial charge < -0.3 is 0 Å². The summed E-state index contributed by atoms with van der Waals surface area (Å²) in [7, 11) is -3.17. The Bertz CT molecular complexity index is 422. The molecule has 1 aliphatic heterocycles. The summed E-state index contributed by atoms with van der Waals surface area (Å²) in [5.41, 5.74) is 1.01. The van der Waals surface area contributed by atoms with E-state index >= 15 is 0 Å². The number of hydrogen-bond donors (Lipinski definition) is 0. The van der Waals surface area contributed by atoms with E-state index in [4.69, 9.17) is 0 Å². The summed E-state index contributed by atoms with van der Waals surface area (Å²) < 4.78 is 25.5. The van der Waals surface area contributed by atoms with Crippen LogP contribution >= 0.6 is 0 Å². The maximum atomic E-state index is 11.0. The van der Waals surface area contributed by atoms with Gasteiger partial charge in [-0.1, -0.05) is 30.3 Å². The van der Waals surface area contributed by atoms with E-state index in [1.165, 1.54) is 6.21 Å². The van der Waals surface area contributed by atoms with Crippen molar-refractivity contribution in [2.45, 2.75) is 5.92 Å². The third-order valence-electron chi connectivity index (χ3n) is 2.02. The van der Waals surface area contributed by atoms with Crippen LogP contribution in [0.4, 0.5) is 0 Å². The predicted octanol–water partition coefficient (Wildman–Crippen LogP) is 1.18. The van der Waals surface area contributed by atoms with Crippen molar-refractivity contribution in [3.63, 3.8) is 0 Å². The summed E-state index contributed by atoms with van der Waals surface area (Å²) in [5.74, 6) is 0.0444. The lowest BCUT2D eigenvalue weighted by Crippen LogP contribution is -2.05. The molecule has 1 aliphatic rings. The molecule has 0 bridgehead atoms. The molecule has 3 nitrogen and oxygen atoms in total. The van der Waals surface area contributed by atoms with E-state index in [1.54, 1.807) is 0 Å². The van der Waals surface area contributed by atoms with Gasteiger partial charge in [-0.2, -0.15) is 4.40 Å². The second kappa shape index (κ2) is 2.96. The van der Waals surface area contributed by atoms with Gasteiger partial charge in [-0.3, -0.25) is 0 Å². The second-order valence-electron chi connectivity index (χ2n) is 3.02. The minimum absolute atomic E-state index is 0.0637. The average molecular weight is 195 g/mol. The lowest BCUT2D eigenvalue weighted by atomic mass is 10.0. The Morgan fingerprint density at radius 3 is 2.46 bits per heavy atom. The number of hydrogen-bond acceptors (Lipinski definition) is 2. The summed E-state index contributed by atoms with van der Waals surface area (Å²) in [4.78, 5) is 0. The van der Waals surface area contributed by atoms with Crippen molar-refractivity contribution in [3.05, 3.63) is 35.9 Å². The average Bonchev–Trinajstić information content (AvgIpc) is 2.48. The molecule has 0 saturated carbocycles. The molecule has 0 spiro atoms. The van der Waals surface area contributed by atoms with E-state index in [0.29, 0.717) is 0 Å². The van der Waals surface area contributed by atoms with Gasteiger partial charge in [0.2, 0.25) is 0 Å². The van der Waals surface area contributed by atoms with Crippen LogP contribution in [-0.2, 0) is 10.0 Å². The molecule has 1 atom stereocenters. The summed E-state index contributed by atoms with van der Waals surface area (Å²) in [6, 6.07) is 9.53. The lowest BCUT2D eigenvalue weighted by Gasteiger charge is -2.03. The molecule has 0 fully saturated rings. The molecular weight excluding hydrogens is 186 g/mol. The largest absolute Gasteiger partial charge is 0.253 e. The fraction of sp³-hybridized carbons (Fsp3) is 0.222. The Morgan fingerprint density at radius 1 is 1.23 bits per heavy atom. The zero-order valence-corrected chi connectivity index (χ0v) is 7.74. The first-order valence-electron chi connectivity index (χ1n) is 4.00. The van der Waals surface area contributed by atoms with Gasteiger partial charge in [-0.15, -0.1) is 0 Å². The van der Waals surface area contributed by atoms with Crippen LogP contribution < -0.4 is 0 Å². The third-order valence-corrected chi connectivity index (χ3v) is 3.24. The van der Waals surface area contributed by atoms with E-state index in [1.807, 2.05) is 30.3 Å². The lowest BCUT2D eigenvalue weighted by molar-refractivity contribution is 0.599. The Morgan fingerprint density at radius 2 is 1.92 bits per heavy atom. The number of sulfonamides is 1. The molecule has 0 saturated heterocycles. The van der Waals surface area contributed by atoms with Crippen molar-refractivity contribution in [1.29, 1.82) is 0 Å². The van der Waals surface area contributed by atoms with E-state index in [0.717, 1.165) is 5.56 Å². The molecule has 2 rings (SSSR count). The standard InChI is InChI=1S/C9H9NO2S/c11-13(12)7-9(6-10-13)8-4-2-1-3-5-8/h1-6,9H,7H2. The summed E-state index contributed by atoms with van der Waals surface area (Å²) in [5, 5.41) is 0. The van der Waals surface area contributed by atoms with Crippen molar-refractivity contribution in [2.24, 2.45) is 4.40 Å². The van der Waals surface area contributed by atoms with Gasteiger partial charge >= 0.3 is 0 Å². The predicted molar refractivity (Wildman–Crippen MR) is 51.5 cm³/mol. The molecule has 1 aromatic rings.